The Morgan fingerprint density at radius 1 is 0.533 bits per heavy atom. The van der Waals surface area contributed by atoms with E-state index in [2.05, 4.69) is 74.6 Å². The summed E-state index contributed by atoms with van der Waals surface area (Å²) in [6, 6.07) is -0.730. The van der Waals surface area contributed by atoms with Gasteiger partial charge in [0.05, 0.1) is 40.3 Å². The van der Waals surface area contributed by atoms with Gasteiger partial charge in [-0.25, -0.2) is 0 Å². The van der Waals surface area contributed by atoms with Crippen LogP contribution in [0, 0.1) is 0 Å². The minimum Gasteiger partial charge on any atom is -0.544 e. The molecule has 0 heterocycles. The molecule has 0 amide bonds. The molecule has 8 heteroatoms. The summed E-state index contributed by atoms with van der Waals surface area (Å²) >= 11 is 0. The maximum absolute atomic E-state index is 12.8. The highest BCUT2D eigenvalue weighted by molar-refractivity contribution is 5.70. The van der Waals surface area contributed by atoms with Gasteiger partial charge in [-0.05, 0) is 70.6 Å². The normalized spacial score (nSPS) is 13.4. The van der Waals surface area contributed by atoms with Crippen LogP contribution >= 0.6 is 0 Å². The number of allylic oxidation sites excluding steroid dienone is 10. The fraction of sp³-hybridized carbons (Fsp3) is 0.750. The zero-order valence-corrected chi connectivity index (χ0v) is 39.4. The van der Waals surface area contributed by atoms with Crippen LogP contribution in [0.3, 0.4) is 0 Å². The maximum atomic E-state index is 12.8. The lowest BCUT2D eigenvalue weighted by Crippen LogP contribution is -2.55. The second-order valence-electron chi connectivity index (χ2n) is 17.3. The number of carboxylic acids is 1. The van der Waals surface area contributed by atoms with Gasteiger partial charge in [0.1, 0.15) is 12.6 Å². The van der Waals surface area contributed by atoms with Gasteiger partial charge in [0.2, 0.25) is 0 Å². The Hall–Kier alpha value is -2.97. The van der Waals surface area contributed by atoms with E-state index in [9.17, 15) is 19.5 Å². The van der Waals surface area contributed by atoms with Gasteiger partial charge in [-0.3, -0.25) is 9.59 Å². The molecule has 8 nitrogen and oxygen atoms in total. The first-order valence-electron chi connectivity index (χ1n) is 24.3. The summed E-state index contributed by atoms with van der Waals surface area (Å²) in [5, 5.41) is 11.6. The summed E-state index contributed by atoms with van der Waals surface area (Å²) in [6.07, 6.45) is 52.4. The molecule has 0 aromatic rings. The van der Waals surface area contributed by atoms with Gasteiger partial charge in [0.15, 0.2) is 6.10 Å². The van der Waals surface area contributed by atoms with Gasteiger partial charge in [0, 0.05) is 19.3 Å². The van der Waals surface area contributed by atoms with Gasteiger partial charge in [-0.2, -0.15) is 0 Å². The van der Waals surface area contributed by atoms with Crippen molar-refractivity contribution in [3.05, 3.63) is 60.8 Å². The lowest BCUT2D eigenvalue weighted by atomic mass is 10.0. The minimum absolute atomic E-state index is 0.0346. The molecule has 0 fully saturated rings. The molecule has 0 aromatic heterocycles. The second-order valence-corrected chi connectivity index (χ2v) is 17.3. The molecule has 0 saturated heterocycles. The van der Waals surface area contributed by atoms with E-state index < -0.39 is 18.1 Å². The molecule has 346 valence electrons. The molecule has 0 aliphatic carbocycles. The Labute approximate surface area is 368 Å². The van der Waals surface area contributed by atoms with Crippen LogP contribution in [0.4, 0.5) is 0 Å². The Kier molecular flexibility index (Phi) is 40.6. The van der Waals surface area contributed by atoms with E-state index in [1.54, 1.807) is 21.1 Å². The minimum atomic E-state index is -1.13. The van der Waals surface area contributed by atoms with Crippen LogP contribution in [0.5, 0.6) is 0 Å². The average molecular weight is 842 g/mol. The van der Waals surface area contributed by atoms with Crippen molar-refractivity contribution in [2.45, 2.75) is 212 Å². The molecule has 2 atom stereocenters. The van der Waals surface area contributed by atoms with Gasteiger partial charge in [-0.1, -0.05) is 171 Å². The van der Waals surface area contributed by atoms with E-state index in [4.69, 9.17) is 14.2 Å². The fourth-order valence-corrected chi connectivity index (χ4v) is 6.90. The first-order valence-corrected chi connectivity index (χ1v) is 24.3. The zero-order chi connectivity index (χ0) is 44.2. The zero-order valence-electron chi connectivity index (χ0n) is 39.4. The van der Waals surface area contributed by atoms with Crippen LogP contribution in [0.1, 0.15) is 200 Å². The van der Waals surface area contributed by atoms with Crippen molar-refractivity contribution in [3.8, 4) is 0 Å². The van der Waals surface area contributed by atoms with E-state index in [1.807, 2.05) is 0 Å². The number of carbonyl (C=O) groups is 3. The Balaban J connectivity index is 4.28. The molecule has 0 radical (unpaired) electrons. The third kappa shape index (κ3) is 40.4. The number of carboxylic acid groups (broad SMARTS) is 1. The summed E-state index contributed by atoms with van der Waals surface area (Å²) in [4.78, 5) is 37.0. The highest BCUT2D eigenvalue weighted by Gasteiger charge is 2.25. The number of esters is 2. The van der Waals surface area contributed by atoms with Crippen molar-refractivity contribution in [1.82, 2.24) is 0 Å². The molecule has 0 bridgehead atoms. The summed E-state index contributed by atoms with van der Waals surface area (Å²) in [5.74, 6) is -1.75. The monoisotopic (exact) mass is 842 g/mol. The smallest absolute Gasteiger partial charge is 0.306 e. The van der Waals surface area contributed by atoms with Gasteiger partial charge in [-0.15, -0.1) is 0 Å². The Bertz CT molecular complexity index is 1170. The second kappa shape index (κ2) is 42.7. The molecule has 0 saturated carbocycles. The number of quaternary nitrogens is 1. The molecular formula is C52H91NO7. The molecule has 0 rings (SSSR count). The van der Waals surface area contributed by atoms with Crippen molar-refractivity contribution in [3.63, 3.8) is 0 Å². The molecule has 60 heavy (non-hydrogen) atoms. The van der Waals surface area contributed by atoms with E-state index in [0.717, 1.165) is 77.0 Å². The first kappa shape index (κ1) is 57.0. The van der Waals surface area contributed by atoms with Crippen LogP contribution in [0.25, 0.3) is 0 Å². The molecule has 0 aliphatic heterocycles. The number of hydrogen-bond donors (Lipinski definition) is 0. The third-order valence-electron chi connectivity index (χ3n) is 10.7. The van der Waals surface area contributed by atoms with Crippen molar-refractivity contribution in [2.75, 3.05) is 41.0 Å². The third-order valence-corrected chi connectivity index (χ3v) is 10.7. The summed E-state index contributed by atoms with van der Waals surface area (Å²) in [6.45, 7) is 4.51. The quantitative estimate of drug-likeness (QED) is 0.0198. The summed E-state index contributed by atoms with van der Waals surface area (Å²) in [5.41, 5.74) is 0. The van der Waals surface area contributed by atoms with Gasteiger partial charge in [0.25, 0.3) is 0 Å². The lowest BCUT2D eigenvalue weighted by molar-refractivity contribution is -0.889. The largest absolute Gasteiger partial charge is 0.544 e. The number of aliphatic carboxylic acids is 1. The predicted octanol–water partition coefficient (Wildman–Crippen LogP) is 12.4. The Morgan fingerprint density at radius 3 is 1.48 bits per heavy atom. The molecule has 0 N–H and O–H groups in total. The first-order chi connectivity index (χ1) is 29.1. The summed E-state index contributed by atoms with van der Waals surface area (Å²) in [7, 11) is 5.41. The van der Waals surface area contributed by atoms with Crippen LogP contribution in [-0.4, -0.2) is 75.5 Å². The molecular weight excluding hydrogens is 751 g/mol. The maximum Gasteiger partial charge on any atom is 0.306 e. The average Bonchev–Trinajstić information content (AvgIpc) is 3.21. The van der Waals surface area contributed by atoms with Crippen molar-refractivity contribution >= 4 is 17.9 Å². The highest BCUT2D eigenvalue weighted by atomic mass is 16.6. The molecule has 0 aromatic carbocycles. The number of carbonyl (C=O) groups excluding carboxylic acids is 3. The number of ether oxygens (including phenoxy) is 3. The van der Waals surface area contributed by atoms with Crippen LogP contribution in [0.15, 0.2) is 60.8 Å². The predicted molar refractivity (Wildman–Crippen MR) is 249 cm³/mol. The van der Waals surface area contributed by atoms with Crippen LogP contribution in [0.2, 0.25) is 0 Å². The van der Waals surface area contributed by atoms with E-state index in [0.29, 0.717) is 12.8 Å². The Morgan fingerprint density at radius 2 is 0.983 bits per heavy atom. The van der Waals surface area contributed by atoms with Gasteiger partial charge >= 0.3 is 11.9 Å². The van der Waals surface area contributed by atoms with E-state index >= 15 is 0 Å². The van der Waals surface area contributed by atoms with Crippen molar-refractivity contribution < 1.29 is 38.2 Å². The molecule has 0 aliphatic rings. The van der Waals surface area contributed by atoms with Crippen molar-refractivity contribution in [2.24, 2.45) is 0 Å². The molecule has 2 unspecified atom stereocenters. The molecule has 0 spiro atoms. The number of hydrogen-bond acceptors (Lipinski definition) is 7. The SMILES string of the molecule is CC/C=C/C/C=C/C/C=C/CCCCCCCCCCCCCC(=O)OC(COCCC(C(=O)[O-])[N+](C)(C)C)COC(=O)CCCCCCCC/C=C/C=C/CCCCC. The topological polar surface area (TPSA) is 102 Å². The lowest BCUT2D eigenvalue weighted by Gasteiger charge is -2.34. The van der Waals surface area contributed by atoms with Crippen LogP contribution in [-0.2, 0) is 28.6 Å². The highest BCUT2D eigenvalue weighted by Crippen LogP contribution is 2.15. The summed E-state index contributed by atoms with van der Waals surface area (Å²) < 4.78 is 17.2. The van der Waals surface area contributed by atoms with E-state index in [1.165, 1.54) is 89.9 Å². The van der Waals surface area contributed by atoms with E-state index in [-0.39, 0.29) is 42.7 Å². The number of nitrogens with zero attached hydrogens (tertiary/aromatic N) is 1. The van der Waals surface area contributed by atoms with Gasteiger partial charge < -0.3 is 28.6 Å². The number of unbranched alkanes of at least 4 members (excludes halogenated alkanes) is 20. The fourth-order valence-electron chi connectivity index (χ4n) is 6.90. The standard InChI is InChI=1S/C52H91NO7/c1-6-8-10-12-14-16-18-20-22-23-24-25-26-27-29-31-33-35-37-39-41-43-51(55)60-48(46-58-45-44-49(52(56)57)53(3,4)5)47-59-50(54)42-40-38-36-34-32-30-28-21-19-17-15-13-11-9-7-2/h8,10,14-17,19-22,48-49H,6-7,9,11-13,18,23-47H2,1-5H3/b10-8+,16-14+,17-15+,21-19+,22-20+. The number of likely N-dealkylation sites (N-methyl/N-ethyl adjacent to an activating group) is 1. The number of rotatable bonds is 43. The van der Waals surface area contributed by atoms with Crippen LogP contribution < -0.4 is 5.11 Å². The van der Waals surface area contributed by atoms with Crippen molar-refractivity contribution in [1.29, 1.82) is 0 Å².